The van der Waals surface area contributed by atoms with E-state index in [2.05, 4.69) is 10.00 Å². The second-order valence-electron chi connectivity index (χ2n) is 8.06. The number of ether oxygens (including phenoxy) is 1. The Balaban J connectivity index is 1.59. The van der Waals surface area contributed by atoms with Crippen LogP contribution in [-0.2, 0) is 11.0 Å². The van der Waals surface area contributed by atoms with Gasteiger partial charge in [-0.3, -0.25) is 9.18 Å². The van der Waals surface area contributed by atoms with Gasteiger partial charge in [-0.05, 0) is 50.3 Å². The first-order valence-electron chi connectivity index (χ1n) is 11.1. The summed E-state index contributed by atoms with van der Waals surface area (Å²) in [5.41, 5.74) is 0.929. The number of piperazine rings is 1. The van der Waals surface area contributed by atoms with Crippen molar-refractivity contribution in [1.82, 2.24) is 14.1 Å². The zero-order valence-corrected chi connectivity index (χ0v) is 19.5. The summed E-state index contributed by atoms with van der Waals surface area (Å²) in [5, 5.41) is 4.93. The van der Waals surface area contributed by atoms with Gasteiger partial charge in [0.1, 0.15) is 5.69 Å². The molecule has 2 fully saturated rings. The lowest BCUT2D eigenvalue weighted by Gasteiger charge is -2.35. The first kappa shape index (κ1) is 23.2. The highest BCUT2D eigenvalue weighted by atomic mass is 35.5. The second-order valence-corrected chi connectivity index (χ2v) is 10.1. The molecule has 1 aliphatic heterocycles. The van der Waals surface area contributed by atoms with Crippen LogP contribution in [0.3, 0.4) is 0 Å². The molecule has 2 aromatic rings. The Morgan fingerprint density at radius 3 is 2.62 bits per heavy atom. The van der Waals surface area contributed by atoms with Crippen LogP contribution in [0.2, 0.25) is 5.02 Å². The topological polar surface area (TPSA) is 67.7 Å². The van der Waals surface area contributed by atoms with Crippen LogP contribution >= 0.6 is 11.6 Å². The van der Waals surface area contributed by atoms with Crippen molar-refractivity contribution in [2.24, 2.45) is 0 Å². The number of halogens is 2. The summed E-state index contributed by atoms with van der Waals surface area (Å²) in [5.74, 6) is 0.642. The average molecular weight is 483 g/mol. The molecule has 0 radical (unpaired) electrons. The first-order chi connectivity index (χ1) is 15.6. The summed E-state index contributed by atoms with van der Waals surface area (Å²) >= 11 is 6.12. The third kappa shape index (κ3) is 5.32. The zero-order valence-electron chi connectivity index (χ0n) is 17.9. The van der Waals surface area contributed by atoms with E-state index >= 15 is 0 Å². The van der Waals surface area contributed by atoms with Crippen molar-refractivity contribution in [2.45, 2.75) is 38.2 Å². The van der Waals surface area contributed by atoms with E-state index in [-0.39, 0.29) is 11.7 Å². The normalized spacial score (nSPS) is 18.8. The SMILES string of the molecule is O=c1c(OC2CCCC2)c(N2CCN(S(=O)CCCF)CC2)cnn1-c1cccc(Cl)c1. The molecular weight excluding hydrogens is 455 g/mol. The molecule has 2 heterocycles. The zero-order chi connectivity index (χ0) is 22.5. The Labute approximate surface area is 194 Å². The summed E-state index contributed by atoms with van der Waals surface area (Å²) < 4.78 is 34.2. The molecular formula is C22H28ClFN4O3S. The number of anilines is 1. The van der Waals surface area contributed by atoms with E-state index in [0.717, 1.165) is 25.7 Å². The molecule has 10 heteroatoms. The summed E-state index contributed by atoms with van der Waals surface area (Å²) in [6.07, 6.45) is 6.04. The van der Waals surface area contributed by atoms with Gasteiger partial charge in [0, 0.05) is 37.0 Å². The number of aromatic nitrogens is 2. The molecule has 0 spiro atoms. The van der Waals surface area contributed by atoms with Gasteiger partial charge >= 0.3 is 5.56 Å². The van der Waals surface area contributed by atoms with Crippen LogP contribution in [0.4, 0.5) is 10.1 Å². The van der Waals surface area contributed by atoms with Gasteiger partial charge < -0.3 is 9.64 Å². The quantitative estimate of drug-likeness (QED) is 0.577. The third-order valence-electron chi connectivity index (χ3n) is 5.87. The smallest absolute Gasteiger partial charge is 0.316 e. The molecule has 7 nitrogen and oxygen atoms in total. The van der Waals surface area contributed by atoms with Crippen molar-refractivity contribution in [3.05, 3.63) is 45.8 Å². The van der Waals surface area contributed by atoms with Gasteiger partial charge in [0.2, 0.25) is 5.75 Å². The molecule has 1 saturated carbocycles. The molecule has 1 atom stereocenters. The molecule has 32 heavy (non-hydrogen) atoms. The van der Waals surface area contributed by atoms with Crippen LogP contribution in [0.5, 0.6) is 5.75 Å². The van der Waals surface area contributed by atoms with E-state index in [1.807, 2.05) is 4.31 Å². The number of hydrogen-bond acceptors (Lipinski definition) is 5. The van der Waals surface area contributed by atoms with Crippen molar-refractivity contribution >= 4 is 28.3 Å². The second kappa shape index (κ2) is 10.8. The van der Waals surface area contributed by atoms with Gasteiger partial charge in [-0.2, -0.15) is 9.78 Å². The summed E-state index contributed by atoms with van der Waals surface area (Å²) in [4.78, 5) is 15.5. The van der Waals surface area contributed by atoms with Crippen LogP contribution in [0.1, 0.15) is 32.1 Å². The molecule has 1 unspecified atom stereocenters. The highest BCUT2D eigenvalue weighted by molar-refractivity contribution is 7.82. The van der Waals surface area contributed by atoms with Crippen LogP contribution in [0.15, 0.2) is 35.3 Å². The molecule has 1 saturated heterocycles. The Hall–Kier alpha value is -1.97. The minimum absolute atomic E-state index is 0.0196. The first-order valence-corrected chi connectivity index (χ1v) is 12.7. The van der Waals surface area contributed by atoms with Crippen molar-refractivity contribution in [2.75, 3.05) is 43.5 Å². The number of nitrogens with zero attached hydrogens (tertiary/aromatic N) is 4. The van der Waals surface area contributed by atoms with Gasteiger partial charge in [-0.15, -0.1) is 0 Å². The minimum atomic E-state index is -1.18. The van der Waals surface area contributed by atoms with Crippen LogP contribution in [0, 0.1) is 0 Å². The Morgan fingerprint density at radius 1 is 1.19 bits per heavy atom. The van der Waals surface area contributed by atoms with E-state index in [0.29, 0.717) is 60.5 Å². The molecule has 1 aromatic heterocycles. The number of hydrogen-bond donors (Lipinski definition) is 0. The van der Waals surface area contributed by atoms with Gasteiger partial charge in [-0.25, -0.2) is 8.51 Å². The molecule has 4 rings (SSSR count). The number of benzene rings is 1. The summed E-state index contributed by atoms with van der Waals surface area (Å²) in [7, 11) is -1.18. The van der Waals surface area contributed by atoms with E-state index in [1.165, 1.54) is 4.68 Å². The van der Waals surface area contributed by atoms with Crippen LogP contribution < -0.4 is 15.2 Å². The fourth-order valence-corrected chi connectivity index (χ4v) is 5.54. The maximum Gasteiger partial charge on any atom is 0.316 e. The summed E-state index contributed by atoms with van der Waals surface area (Å²) in [6, 6.07) is 7.00. The predicted octanol–water partition coefficient (Wildman–Crippen LogP) is 3.35. The highest BCUT2D eigenvalue weighted by Gasteiger charge is 2.27. The average Bonchev–Trinajstić information content (AvgIpc) is 3.32. The lowest BCUT2D eigenvalue weighted by molar-refractivity contribution is 0.205. The molecule has 0 N–H and O–H groups in total. The Bertz CT molecular complexity index is 1010. The van der Waals surface area contributed by atoms with Gasteiger partial charge in [0.05, 0.1) is 35.6 Å². The molecule has 1 aliphatic carbocycles. The fraction of sp³-hybridized carbons (Fsp3) is 0.545. The van der Waals surface area contributed by atoms with Crippen molar-refractivity contribution in [1.29, 1.82) is 0 Å². The maximum atomic E-state index is 13.4. The minimum Gasteiger partial charge on any atom is -0.483 e. The van der Waals surface area contributed by atoms with Gasteiger partial charge in [-0.1, -0.05) is 17.7 Å². The monoisotopic (exact) mass is 482 g/mol. The van der Waals surface area contributed by atoms with E-state index in [1.54, 1.807) is 30.5 Å². The van der Waals surface area contributed by atoms with Gasteiger partial charge in [0.15, 0.2) is 0 Å². The standard InChI is InChI=1S/C22H28ClFN4O3S/c23-17-5-3-6-18(15-17)28-22(29)21(31-19-7-1-2-8-19)20(16-25-28)26-10-12-27(13-11-26)32(30)14-4-9-24/h3,5-6,15-16,19H,1-2,4,7-14H2. The van der Waals surface area contributed by atoms with Crippen molar-refractivity contribution < 1.29 is 13.3 Å². The molecule has 2 aliphatic rings. The molecule has 1 aromatic carbocycles. The fourth-order valence-electron chi connectivity index (χ4n) is 4.17. The van der Waals surface area contributed by atoms with Crippen molar-refractivity contribution in [3.63, 3.8) is 0 Å². The Kier molecular flexibility index (Phi) is 7.80. The lowest BCUT2D eigenvalue weighted by atomic mass is 10.2. The molecule has 174 valence electrons. The van der Waals surface area contributed by atoms with Crippen LogP contribution in [0.25, 0.3) is 5.69 Å². The van der Waals surface area contributed by atoms with Gasteiger partial charge in [0.25, 0.3) is 0 Å². The third-order valence-corrected chi connectivity index (χ3v) is 7.69. The number of rotatable bonds is 8. The lowest BCUT2D eigenvalue weighted by Crippen LogP contribution is -2.48. The maximum absolute atomic E-state index is 13.4. The van der Waals surface area contributed by atoms with Crippen LogP contribution in [-0.4, -0.2) is 63.0 Å². The number of alkyl halides is 1. The van der Waals surface area contributed by atoms with E-state index < -0.39 is 17.7 Å². The molecule has 0 bridgehead atoms. The largest absolute Gasteiger partial charge is 0.483 e. The van der Waals surface area contributed by atoms with E-state index in [4.69, 9.17) is 16.3 Å². The van der Waals surface area contributed by atoms with Crippen molar-refractivity contribution in [3.8, 4) is 11.4 Å². The predicted molar refractivity (Wildman–Crippen MR) is 125 cm³/mol. The summed E-state index contributed by atoms with van der Waals surface area (Å²) in [6.45, 7) is 1.86. The van der Waals surface area contributed by atoms with E-state index in [9.17, 15) is 13.4 Å². The Morgan fingerprint density at radius 2 is 1.94 bits per heavy atom. The highest BCUT2D eigenvalue weighted by Crippen LogP contribution is 2.30. The molecule has 0 amide bonds.